The number of benzene rings is 2. The van der Waals surface area contributed by atoms with Crippen LogP contribution in [0.5, 0.6) is 11.5 Å². The molecule has 7 rings (SSSR count). The molecule has 0 radical (unpaired) electrons. The monoisotopic (exact) mass is 479 g/mol. The third kappa shape index (κ3) is 3.31. The van der Waals surface area contributed by atoms with E-state index in [0.29, 0.717) is 17.2 Å². The minimum Gasteiger partial charge on any atom is -0.454 e. The van der Waals surface area contributed by atoms with Gasteiger partial charge in [0.15, 0.2) is 11.5 Å². The molecule has 3 aromatic heterocycles. The number of para-hydroxylation sites is 1. The average molecular weight is 480 g/mol. The minimum absolute atomic E-state index is 0.0177. The maximum atomic E-state index is 13.9. The van der Waals surface area contributed by atoms with Crippen LogP contribution in [0.1, 0.15) is 32.5 Å². The molecule has 0 saturated heterocycles. The van der Waals surface area contributed by atoms with E-state index in [1.165, 1.54) is 22.3 Å². The van der Waals surface area contributed by atoms with E-state index in [0.717, 1.165) is 39.5 Å². The summed E-state index contributed by atoms with van der Waals surface area (Å²) < 4.78 is 11.2. The highest BCUT2D eigenvalue weighted by Crippen LogP contribution is 2.43. The highest BCUT2D eigenvalue weighted by atomic mass is 32.1. The predicted octanol–water partition coefficient (Wildman–Crippen LogP) is 5.81. The fraction of sp³-hybridized carbons (Fsp3) is 0.143. The first-order valence-corrected chi connectivity index (χ1v) is 12.4. The zero-order valence-corrected chi connectivity index (χ0v) is 19.5. The van der Waals surface area contributed by atoms with Gasteiger partial charge in [0.25, 0.3) is 5.91 Å². The molecule has 5 aromatic rings. The Morgan fingerprint density at radius 1 is 1.00 bits per heavy atom. The van der Waals surface area contributed by atoms with Crippen LogP contribution in [0.25, 0.3) is 21.5 Å². The Balaban J connectivity index is 1.33. The molecule has 0 bridgehead atoms. The van der Waals surface area contributed by atoms with Gasteiger partial charge in [-0.15, -0.1) is 11.3 Å². The number of nitrogens with one attached hydrogen (secondary N) is 1. The lowest BCUT2D eigenvalue weighted by Gasteiger charge is -2.36. The summed E-state index contributed by atoms with van der Waals surface area (Å²) in [6.07, 6.45) is 2.57. The average Bonchev–Trinajstić information content (AvgIpc) is 3.66. The van der Waals surface area contributed by atoms with Crippen LogP contribution in [-0.2, 0) is 6.42 Å². The largest absolute Gasteiger partial charge is 0.454 e. The van der Waals surface area contributed by atoms with E-state index in [-0.39, 0.29) is 18.7 Å². The third-order valence-corrected chi connectivity index (χ3v) is 7.84. The Hall–Kier alpha value is -4.10. The number of hydrogen-bond donors (Lipinski definition) is 1. The van der Waals surface area contributed by atoms with Crippen LogP contribution >= 0.6 is 11.3 Å². The van der Waals surface area contributed by atoms with Crippen molar-refractivity contribution in [1.82, 2.24) is 14.9 Å². The van der Waals surface area contributed by atoms with Gasteiger partial charge in [0.2, 0.25) is 6.79 Å². The van der Waals surface area contributed by atoms with Crippen molar-refractivity contribution in [1.29, 1.82) is 0 Å². The van der Waals surface area contributed by atoms with Crippen molar-refractivity contribution in [3.63, 3.8) is 0 Å². The third-order valence-electron chi connectivity index (χ3n) is 6.74. The first-order chi connectivity index (χ1) is 17.3. The molecule has 1 amide bonds. The van der Waals surface area contributed by atoms with Crippen molar-refractivity contribution in [2.45, 2.75) is 12.5 Å². The van der Waals surface area contributed by atoms with Gasteiger partial charge in [-0.25, -0.2) is 0 Å². The van der Waals surface area contributed by atoms with Crippen LogP contribution in [0, 0.1) is 0 Å². The Bertz CT molecular complexity index is 1570. The van der Waals surface area contributed by atoms with Crippen LogP contribution in [0.4, 0.5) is 0 Å². The number of hydrogen-bond acceptors (Lipinski definition) is 5. The normalized spacial score (nSPS) is 16.5. The molecule has 0 saturated carbocycles. The SMILES string of the molecule is O=C(c1ccc(-c2ccccn2)s1)N1CCc2c([nH]c3ccccc23)C1c1ccc2c(c1)OCO2. The first kappa shape index (κ1) is 20.3. The lowest BCUT2D eigenvalue weighted by Crippen LogP contribution is -2.40. The molecule has 2 aliphatic rings. The highest BCUT2D eigenvalue weighted by molar-refractivity contribution is 7.17. The number of ether oxygens (including phenoxy) is 2. The van der Waals surface area contributed by atoms with Crippen LogP contribution in [-0.4, -0.2) is 34.1 Å². The second-order valence-corrected chi connectivity index (χ2v) is 9.79. The lowest BCUT2D eigenvalue weighted by atomic mass is 9.92. The summed E-state index contributed by atoms with van der Waals surface area (Å²) >= 11 is 1.48. The summed E-state index contributed by atoms with van der Waals surface area (Å²) in [7, 11) is 0. The van der Waals surface area contributed by atoms with Crippen molar-refractivity contribution in [3.05, 3.63) is 101 Å². The Labute approximate surface area is 205 Å². The molecule has 0 spiro atoms. The molecular weight excluding hydrogens is 458 g/mol. The maximum Gasteiger partial charge on any atom is 0.264 e. The van der Waals surface area contributed by atoms with Crippen LogP contribution in [0.3, 0.4) is 0 Å². The molecule has 1 N–H and O–H groups in total. The smallest absolute Gasteiger partial charge is 0.264 e. The van der Waals surface area contributed by atoms with Gasteiger partial charge in [-0.1, -0.05) is 30.3 Å². The Morgan fingerprint density at radius 2 is 1.89 bits per heavy atom. The molecule has 1 atom stereocenters. The number of carbonyl (C=O) groups excluding carboxylic acids is 1. The minimum atomic E-state index is -0.256. The van der Waals surface area contributed by atoms with Gasteiger partial charge in [0, 0.05) is 29.3 Å². The van der Waals surface area contributed by atoms with E-state index in [9.17, 15) is 4.79 Å². The number of carbonyl (C=O) groups is 1. The second kappa shape index (κ2) is 7.99. The second-order valence-electron chi connectivity index (χ2n) is 8.71. The number of amides is 1. The van der Waals surface area contributed by atoms with Crippen LogP contribution < -0.4 is 9.47 Å². The number of pyridine rings is 1. The topological polar surface area (TPSA) is 67.5 Å². The number of rotatable bonds is 3. The fourth-order valence-corrected chi connectivity index (χ4v) is 6.07. The van der Waals surface area contributed by atoms with Crippen molar-refractivity contribution >= 4 is 28.1 Å². The molecule has 7 heteroatoms. The van der Waals surface area contributed by atoms with Gasteiger partial charge in [-0.3, -0.25) is 9.78 Å². The van der Waals surface area contributed by atoms with E-state index in [1.54, 1.807) is 6.20 Å². The van der Waals surface area contributed by atoms with Gasteiger partial charge in [-0.2, -0.15) is 0 Å². The number of aromatic amines is 1. The van der Waals surface area contributed by atoms with Crippen LogP contribution in [0.2, 0.25) is 0 Å². The molecule has 172 valence electrons. The summed E-state index contributed by atoms with van der Waals surface area (Å²) in [5.74, 6) is 1.47. The van der Waals surface area contributed by atoms with Gasteiger partial charge in [0.1, 0.15) is 0 Å². The van der Waals surface area contributed by atoms with Crippen molar-refractivity contribution in [2.24, 2.45) is 0 Å². The van der Waals surface area contributed by atoms with E-state index >= 15 is 0 Å². The molecule has 0 fully saturated rings. The zero-order chi connectivity index (χ0) is 23.4. The highest BCUT2D eigenvalue weighted by Gasteiger charge is 2.36. The van der Waals surface area contributed by atoms with E-state index < -0.39 is 0 Å². The van der Waals surface area contributed by atoms with Gasteiger partial charge < -0.3 is 19.4 Å². The molecule has 6 nitrogen and oxygen atoms in total. The Kier molecular flexibility index (Phi) is 4.63. The van der Waals surface area contributed by atoms with E-state index in [2.05, 4.69) is 28.2 Å². The maximum absolute atomic E-state index is 13.9. The van der Waals surface area contributed by atoms with Gasteiger partial charge in [-0.05, 0) is 60.0 Å². The number of fused-ring (bicyclic) bond motifs is 4. The predicted molar refractivity (Wildman–Crippen MR) is 135 cm³/mol. The first-order valence-electron chi connectivity index (χ1n) is 11.6. The van der Waals surface area contributed by atoms with Gasteiger partial charge in [0.05, 0.1) is 21.5 Å². The number of nitrogens with zero attached hydrogens (tertiary/aromatic N) is 2. The lowest BCUT2D eigenvalue weighted by molar-refractivity contribution is 0.0697. The number of H-pyrrole nitrogens is 1. The summed E-state index contributed by atoms with van der Waals surface area (Å²) in [6.45, 7) is 0.846. The molecule has 5 heterocycles. The number of thiophene rings is 1. The molecule has 2 aliphatic heterocycles. The van der Waals surface area contributed by atoms with Crippen molar-refractivity contribution < 1.29 is 14.3 Å². The van der Waals surface area contributed by atoms with Crippen molar-refractivity contribution in [3.8, 4) is 22.1 Å². The molecule has 1 unspecified atom stereocenters. The molecular formula is C28H21N3O3S. The molecule has 35 heavy (non-hydrogen) atoms. The fourth-order valence-electron chi connectivity index (χ4n) is 5.13. The summed E-state index contributed by atoms with van der Waals surface area (Å²) in [4.78, 5) is 25.7. The standard InChI is InChI=1S/C28H21N3O3S/c32-28(25-11-10-24(35-25)21-7-3-4-13-29-21)31-14-12-19-18-5-1-2-6-20(18)30-26(19)27(31)17-8-9-22-23(15-17)34-16-33-22/h1-11,13,15,27,30H,12,14,16H2. The quantitative estimate of drug-likeness (QED) is 0.355. The molecule has 0 aliphatic carbocycles. The van der Waals surface area contributed by atoms with E-state index in [4.69, 9.17) is 9.47 Å². The Morgan fingerprint density at radius 3 is 2.80 bits per heavy atom. The summed E-state index contributed by atoms with van der Waals surface area (Å²) in [6, 6.07) is 23.8. The van der Waals surface area contributed by atoms with Crippen LogP contribution in [0.15, 0.2) is 79.0 Å². The number of aromatic nitrogens is 2. The van der Waals surface area contributed by atoms with Crippen molar-refractivity contribution in [2.75, 3.05) is 13.3 Å². The summed E-state index contributed by atoms with van der Waals surface area (Å²) in [5, 5.41) is 1.22. The van der Waals surface area contributed by atoms with E-state index in [1.807, 2.05) is 59.5 Å². The molecule has 2 aromatic carbocycles. The summed E-state index contributed by atoms with van der Waals surface area (Å²) in [5.41, 5.74) is 5.29. The zero-order valence-electron chi connectivity index (χ0n) is 18.7. The van der Waals surface area contributed by atoms with Gasteiger partial charge >= 0.3 is 0 Å².